The molecule has 1 amide bonds. The first-order valence-corrected chi connectivity index (χ1v) is 8.91. The molecule has 1 N–H and O–H groups in total. The molecule has 4 nitrogen and oxygen atoms in total. The number of rotatable bonds is 4. The van der Waals surface area contributed by atoms with Crippen molar-refractivity contribution in [1.82, 2.24) is 5.32 Å². The van der Waals surface area contributed by atoms with Gasteiger partial charge in [-0.3, -0.25) is 4.79 Å². The number of anilines is 1. The number of nitrogens with one attached hydrogen (secondary N) is 1. The summed E-state index contributed by atoms with van der Waals surface area (Å²) in [6, 6.07) is 13.6. The highest BCUT2D eigenvalue weighted by Crippen LogP contribution is 2.27. The number of halogens is 2. The summed E-state index contributed by atoms with van der Waals surface area (Å²) in [6.07, 6.45) is 1.51. The van der Waals surface area contributed by atoms with Crippen molar-refractivity contribution in [2.24, 2.45) is 5.92 Å². The van der Waals surface area contributed by atoms with E-state index < -0.39 is 0 Å². The standard InChI is InChI=1S/C20H19ClFN3O/c21-19-11-18(6-3-16(19)12-23)25-9-7-15(8-10-25)20(26)24-13-14-1-4-17(22)5-2-14/h1-6,11,15H,7-10,13H2,(H,24,26). The van der Waals surface area contributed by atoms with E-state index in [0.29, 0.717) is 17.1 Å². The van der Waals surface area contributed by atoms with Gasteiger partial charge >= 0.3 is 0 Å². The average Bonchev–Trinajstić information content (AvgIpc) is 2.67. The first-order valence-electron chi connectivity index (χ1n) is 8.53. The summed E-state index contributed by atoms with van der Waals surface area (Å²) in [5.74, 6) is -0.275. The molecule has 0 unspecified atom stereocenters. The van der Waals surface area contributed by atoms with Crippen LogP contribution in [-0.2, 0) is 11.3 Å². The normalized spacial score (nSPS) is 14.7. The lowest BCUT2D eigenvalue weighted by atomic mass is 9.95. The van der Waals surface area contributed by atoms with E-state index in [-0.39, 0.29) is 17.6 Å². The number of benzene rings is 2. The molecular weight excluding hydrogens is 353 g/mol. The first kappa shape index (κ1) is 18.2. The molecule has 0 spiro atoms. The van der Waals surface area contributed by atoms with Gasteiger partial charge < -0.3 is 10.2 Å². The van der Waals surface area contributed by atoms with Crippen molar-refractivity contribution in [1.29, 1.82) is 5.26 Å². The Morgan fingerprint density at radius 2 is 1.92 bits per heavy atom. The molecule has 0 radical (unpaired) electrons. The number of carbonyl (C=O) groups is 1. The molecule has 0 saturated carbocycles. The largest absolute Gasteiger partial charge is 0.371 e. The van der Waals surface area contributed by atoms with Gasteiger partial charge in [-0.25, -0.2) is 4.39 Å². The van der Waals surface area contributed by atoms with Crippen LogP contribution in [0.2, 0.25) is 5.02 Å². The number of hydrogen-bond donors (Lipinski definition) is 1. The Bertz CT molecular complexity index is 824. The molecule has 0 bridgehead atoms. The zero-order chi connectivity index (χ0) is 18.5. The van der Waals surface area contributed by atoms with Crippen LogP contribution in [0, 0.1) is 23.1 Å². The summed E-state index contributed by atoms with van der Waals surface area (Å²) in [4.78, 5) is 14.5. The highest BCUT2D eigenvalue weighted by molar-refractivity contribution is 6.32. The van der Waals surface area contributed by atoms with Gasteiger partial charge in [0.2, 0.25) is 5.91 Å². The minimum absolute atomic E-state index is 0.0273. The second-order valence-corrected chi connectivity index (χ2v) is 6.79. The van der Waals surface area contributed by atoms with Gasteiger partial charge in [0.1, 0.15) is 11.9 Å². The van der Waals surface area contributed by atoms with Gasteiger partial charge in [0.05, 0.1) is 10.6 Å². The molecular formula is C20H19ClFN3O. The van der Waals surface area contributed by atoms with Gasteiger partial charge in [-0.1, -0.05) is 23.7 Å². The summed E-state index contributed by atoms with van der Waals surface area (Å²) in [6.45, 7) is 1.93. The average molecular weight is 372 g/mol. The molecule has 3 rings (SSSR count). The third-order valence-corrected chi connectivity index (χ3v) is 5.00. The van der Waals surface area contributed by atoms with Crippen molar-refractivity contribution in [3.05, 3.63) is 64.4 Å². The fraction of sp³-hybridized carbons (Fsp3) is 0.300. The Hall–Kier alpha value is -2.58. The summed E-state index contributed by atoms with van der Waals surface area (Å²) in [5.41, 5.74) is 2.31. The van der Waals surface area contributed by atoms with Crippen LogP contribution in [0.5, 0.6) is 0 Å². The zero-order valence-corrected chi connectivity index (χ0v) is 15.0. The second kappa shape index (κ2) is 8.20. The zero-order valence-electron chi connectivity index (χ0n) is 14.2. The molecule has 0 atom stereocenters. The second-order valence-electron chi connectivity index (χ2n) is 6.38. The number of piperidine rings is 1. The molecule has 1 heterocycles. The van der Waals surface area contributed by atoms with E-state index in [0.717, 1.165) is 37.2 Å². The Morgan fingerprint density at radius 3 is 2.54 bits per heavy atom. The molecule has 1 aliphatic heterocycles. The molecule has 2 aromatic rings. The smallest absolute Gasteiger partial charge is 0.223 e. The van der Waals surface area contributed by atoms with Crippen LogP contribution in [-0.4, -0.2) is 19.0 Å². The molecule has 1 saturated heterocycles. The predicted octanol–water partition coefficient (Wildman–Crippen LogP) is 3.88. The first-order chi connectivity index (χ1) is 12.6. The van der Waals surface area contributed by atoms with Crippen LogP contribution in [0.25, 0.3) is 0 Å². The van der Waals surface area contributed by atoms with Crippen LogP contribution in [0.3, 0.4) is 0 Å². The maximum atomic E-state index is 12.9. The third-order valence-electron chi connectivity index (χ3n) is 4.68. The van der Waals surface area contributed by atoms with Crippen LogP contribution >= 0.6 is 11.6 Å². The highest BCUT2D eigenvalue weighted by Gasteiger charge is 2.25. The van der Waals surface area contributed by atoms with E-state index in [9.17, 15) is 9.18 Å². The SMILES string of the molecule is N#Cc1ccc(N2CCC(C(=O)NCc3ccc(F)cc3)CC2)cc1Cl. The van der Waals surface area contributed by atoms with Crippen LogP contribution in [0.15, 0.2) is 42.5 Å². The van der Waals surface area contributed by atoms with Crippen molar-refractivity contribution in [3.63, 3.8) is 0 Å². The number of nitrogens with zero attached hydrogens (tertiary/aromatic N) is 2. The van der Waals surface area contributed by atoms with Crippen LogP contribution in [0.4, 0.5) is 10.1 Å². The Morgan fingerprint density at radius 1 is 1.23 bits per heavy atom. The molecule has 134 valence electrons. The van der Waals surface area contributed by atoms with Gasteiger partial charge in [0, 0.05) is 31.2 Å². The summed E-state index contributed by atoms with van der Waals surface area (Å²) < 4.78 is 12.9. The summed E-state index contributed by atoms with van der Waals surface area (Å²) in [7, 11) is 0. The van der Waals surface area contributed by atoms with Crippen molar-refractivity contribution in [3.8, 4) is 6.07 Å². The monoisotopic (exact) mass is 371 g/mol. The number of hydrogen-bond acceptors (Lipinski definition) is 3. The Kier molecular flexibility index (Phi) is 5.75. The van der Waals surface area contributed by atoms with E-state index in [1.54, 1.807) is 24.3 Å². The summed E-state index contributed by atoms with van der Waals surface area (Å²) in [5, 5.41) is 12.3. The van der Waals surface area contributed by atoms with E-state index in [1.807, 2.05) is 6.07 Å². The quantitative estimate of drug-likeness (QED) is 0.887. The highest BCUT2D eigenvalue weighted by atomic mass is 35.5. The molecule has 6 heteroatoms. The number of nitriles is 1. The molecule has 2 aromatic carbocycles. The number of amides is 1. The lowest BCUT2D eigenvalue weighted by Gasteiger charge is -2.33. The van der Waals surface area contributed by atoms with Crippen molar-refractivity contribution < 1.29 is 9.18 Å². The van der Waals surface area contributed by atoms with Crippen LogP contribution in [0.1, 0.15) is 24.0 Å². The van der Waals surface area contributed by atoms with Gasteiger partial charge in [-0.2, -0.15) is 5.26 Å². The minimum Gasteiger partial charge on any atom is -0.371 e. The molecule has 0 aromatic heterocycles. The van der Waals surface area contributed by atoms with Gasteiger partial charge in [-0.15, -0.1) is 0 Å². The minimum atomic E-state index is -0.282. The lowest BCUT2D eigenvalue weighted by Crippen LogP contribution is -2.40. The molecule has 0 aliphatic carbocycles. The molecule has 1 fully saturated rings. The topological polar surface area (TPSA) is 56.1 Å². The van der Waals surface area contributed by atoms with Gasteiger partial charge in [0.25, 0.3) is 0 Å². The van der Waals surface area contributed by atoms with E-state index >= 15 is 0 Å². The van der Waals surface area contributed by atoms with Crippen molar-refractivity contribution >= 4 is 23.2 Å². The van der Waals surface area contributed by atoms with E-state index in [2.05, 4.69) is 16.3 Å². The van der Waals surface area contributed by atoms with Crippen LogP contribution < -0.4 is 10.2 Å². The van der Waals surface area contributed by atoms with E-state index in [1.165, 1.54) is 12.1 Å². The third kappa shape index (κ3) is 4.33. The van der Waals surface area contributed by atoms with Gasteiger partial charge in [0.15, 0.2) is 0 Å². The van der Waals surface area contributed by atoms with Gasteiger partial charge in [-0.05, 0) is 48.7 Å². The maximum Gasteiger partial charge on any atom is 0.223 e. The van der Waals surface area contributed by atoms with Crippen molar-refractivity contribution in [2.75, 3.05) is 18.0 Å². The molecule has 26 heavy (non-hydrogen) atoms. The summed E-state index contributed by atoms with van der Waals surface area (Å²) >= 11 is 6.10. The van der Waals surface area contributed by atoms with Crippen molar-refractivity contribution in [2.45, 2.75) is 19.4 Å². The maximum absolute atomic E-state index is 12.9. The lowest BCUT2D eigenvalue weighted by molar-refractivity contribution is -0.125. The fourth-order valence-electron chi connectivity index (χ4n) is 3.13. The predicted molar refractivity (Wildman–Crippen MR) is 99.4 cm³/mol. The van der Waals surface area contributed by atoms with E-state index in [4.69, 9.17) is 16.9 Å². The fourth-order valence-corrected chi connectivity index (χ4v) is 3.34. The molecule has 1 aliphatic rings. The number of carbonyl (C=O) groups excluding carboxylic acids is 1. The Labute approximate surface area is 157 Å². The Balaban J connectivity index is 1.51.